The molecule has 2 aromatic rings. The van der Waals surface area contributed by atoms with Gasteiger partial charge < -0.3 is 20.7 Å². The molecule has 0 unspecified atom stereocenters. The molecule has 33 heavy (non-hydrogen) atoms. The van der Waals surface area contributed by atoms with Crippen molar-refractivity contribution in [1.82, 2.24) is 19.8 Å². The molecule has 2 aliphatic heterocycles. The number of nitrogens with two attached hydrogens (primary N) is 1. The summed E-state index contributed by atoms with van der Waals surface area (Å²) in [6.45, 7) is 9.01. The largest absolute Gasteiger partial charge is 0.404 e. The summed E-state index contributed by atoms with van der Waals surface area (Å²) in [6, 6.07) is 1.89. The van der Waals surface area contributed by atoms with Crippen LogP contribution in [0.2, 0.25) is 5.02 Å². The SMILES string of the molecule is CN=C(C=CN)Nc1ncc(Cl)c(-c2cc3c(s2)C(C)(C)N(CCN2CCOCC2)C3=O)n1. The van der Waals surface area contributed by atoms with Crippen LogP contribution in [0.5, 0.6) is 0 Å². The van der Waals surface area contributed by atoms with Crippen molar-refractivity contribution in [2.24, 2.45) is 10.7 Å². The molecule has 0 aliphatic carbocycles. The predicted molar refractivity (Wildman–Crippen MR) is 132 cm³/mol. The summed E-state index contributed by atoms with van der Waals surface area (Å²) >= 11 is 7.98. The fourth-order valence-electron chi connectivity index (χ4n) is 4.07. The van der Waals surface area contributed by atoms with Crippen molar-refractivity contribution >= 4 is 40.6 Å². The first kappa shape index (κ1) is 23.6. The van der Waals surface area contributed by atoms with E-state index in [0.29, 0.717) is 34.6 Å². The van der Waals surface area contributed by atoms with Crippen molar-refractivity contribution in [3.63, 3.8) is 0 Å². The van der Waals surface area contributed by atoms with E-state index >= 15 is 0 Å². The van der Waals surface area contributed by atoms with Gasteiger partial charge in [0.2, 0.25) is 5.95 Å². The summed E-state index contributed by atoms with van der Waals surface area (Å²) < 4.78 is 5.42. The molecule has 0 saturated carbocycles. The van der Waals surface area contributed by atoms with E-state index in [0.717, 1.165) is 42.6 Å². The first-order chi connectivity index (χ1) is 15.8. The number of carbonyl (C=O) groups is 1. The normalized spacial score (nSPS) is 18.8. The fraction of sp³-hybridized carbons (Fsp3) is 0.455. The number of fused-ring (bicyclic) bond motifs is 1. The van der Waals surface area contributed by atoms with Crippen LogP contribution in [0.25, 0.3) is 10.6 Å². The van der Waals surface area contributed by atoms with E-state index < -0.39 is 5.54 Å². The molecular formula is C22H28ClN7O2S. The molecule has 4 heterocycles. The van der Waals surface area contributed by atoms with E-state index in [1.165, 1.54) is 12.4 Å². The molecule has 176 valence electrons. The Kier molecular flexibility index (Phi) is 6.99. The minimum atomic E-state index is -0.407. The van der Waals surface area contributed by atoms with Gasteiger partial charge in [-0.3, -0.25) is 14.7 Å². The maximum Gasteiger partial charge on any atom is 0.255 e. The maximum absolute atomic E-state index is 13.3. The number of amidine groups is 1. The molecule has 0 aromatic carbocycles. The maximum atomic E-state index is 13.3. The van der Waals surface area contributed by atoms with Gasteiger partial charge in [-0.2, -0.15) is 0 Å². The van der Waals surface area contributed by atoms with Crippen LogP contribution in [-0.4, -0.2) is 78.0 Å². The van der Waals surface area contributed by atoms with Crippen LogP contribution in [-0.2, 0) is 10.3 Å². The summed E-state index contributed by atoms with van der Waals surface area (Å²) in [6.07, 6.45) is 4.54. The second kappa shape index (κ2) is 9.76. The standard InChI is InChI=1S/C22H28ClN7O2S/c1-22(2)19-14(20(31)30(22)7-6-29-8-10-32-11-9-29)12-16(33-19)18-15(23)13-26-21(28-18)27-17(25-3)4-5-24/h4-5,12-13H,6-11,24H2,1-3H3,(H,25,26,27,28). The Bertz CT molecular complexity index is 1090. The lowest BCUT2D eigenvalue weighted by molar-refractivity contribution is 0.0263. The highest BCUT2D eigenvalue weighted by Gasteiger charge is 2.45. The number of carbonyl (C=O) groups excluding carboxylic acids is 1. The molecule has 0 spiro atoms. The zero-order valence-corrected chi connectivity index (χ0v) is 20.5. The fourth-order valence-corrected chi connectivity index (χ4v) is 5.58. The van der Waals surface area contributed by atoms with Gasteiger partial charge in [-0.15, -0.1) is 11.3 Å². The Balaban J connectivity index is 1.56. The number of rotatable bonds is 6. The van der Waals surface area contributed by atoms with Gasteiger partial charge in [-0.25, -0.2) is 9.97 Å². The Morgan fingerprint density at radius 1 is 1.39 bits per heavy atom. The van der Waals surface area contributed by atoms with Crippen LogP contribution in [0.15, 0.2) is 29.5 Å². The van der Waals surface area contributed by atoms with Crippen LogP contribution >= 0.6 is 22.9 Å². The van der Waals surface area contributed by atoms with Crippen molar-refractivity contribution in [3.05, 3.63) is 40.0 Å². The lowest BCUT2D eigenvalue weighted by Gasteiger charge is -2.35. The molecule has 1 saturated heterocycles. The molecule has 11 heteroatoms. The summed E-state index contributed by atoms with van der Waals surface area (Å²) in [5, 5.41) is 3.43. The Morgan fingerprint density at radius 3 is 2.82 bits per heavy atom. The highest BCUT2D eigenvalue weighted by molar-refractivity contribution is 7.16. The van der Waals surface area contributed by atoms with Crippen LogP contribution in [0, 0.1) is 0 Å². The van der Waals surface area contributed by atoms with E-state index in [1.807, 2.05) is 11.0 Å². The molecule has 0 atom stereocenters. The zero-order valence-electron chi connectivity index (χ0n) is 19.0. The van der Waals surface area contributed by atoms with E-state index in [2.05, 4.69) is 39.0 Å². The number of nitrogens with zero attached hydrogens (tertiary/aromatic N) is 5. The topological polar surface area (TPSA) is 109 Å². The summed E-state index contributed by atoms with van der Waals surface area (Å²) in [7, 11) is 1.64. The van der Waals surface area contributed by atoms with Crippen LogP contribution in [0.3, 0.4) is 0 Å². The lowest BCUT2D eigenvalue weighted by Crippen LogP contribution is -2.46. The number of anilines is 1. The number of morpholine rings is 1. The number of aliphatic imine (C=N–C) groups is 1. The van der Waals surface area contributed by atoms with Gasteiger partial charge in [0.1, 0.15) is 11.5 Å². The second-order valence-corrected chi connectivity index (χ2v) is 9.77. The molecule has 0 radical (unpaired) electrons. The summed E-state index contributed by atoms with van der Waals surface area (Å²) in [4.78, 5) is 32.4. The van der Waals surface area contributed by atoms with Crippen LogP contribution in [0.1, 0.15) is 29.1 Å². The second-order valence-electron chi connectivity index (χ2n) is 8.31. The van der Waals surface area contributed by atoms with E-state index in [-0.39, 0.29) is 5.91 Å². The van der Waals surface area contributed by atoms with Gasteiger partial charge in [-0.05, 0) is 32.2 Å². The molecule has 2 aromatic heterocycles. The van der Waals surface area contributed by atoms with E-state index in [9.17, 15) is 4.79 Å². The monoisotopic (exact) mass is 489 g/mol. The number of hydrogen-bond donors (Lipinski definition) is 2. The van der Waals surface area contributed by atoms with Crippen molar-refractivity contribution in [2.75, 3.05) is 51.8 Å². The average Bonchev–Trinajstić information content (AvgIpc) is 3.33. The molecular weight excluding hydrogens is 462 g/mol. The first-order valence-corrected chi connectivity index (χ1v) is 12.0. The smallest absolute Gasteiger partial charge is 0.255 e. The molecule has 2 aliphatic rings. The third-order valence-electron chi connectivity index (χ3n) is 5.89. The van der Waals surface area contributed by atoms with Gasteiger partial charge in [0.15, 0.2) is 0 Å². The highest BCUT2D eigenvalue weighted by Crippen LogP contribution is 2.46. The number of amides is 1. The van der Waals surface area contributed by atoms with Crippen LogP contribution < -0.4 is 11.1 Å². The van der Waals surface area contributed by atoms with Crippen molar-refractivity contribution < 1.29 is 9.53 Å². The van der Waals surface area contributed by atoms with Gasteiger partial charge in [0.05, 0.1) is 40.4 Å². The lowest BCUT2D eigenvalue weighted by atomic mass is 10.0. The van der Waals surface area contributed by atoms with Gasteiger partial charge in [0, 0.05) is 38.1 Å². The number of thiophene rings is 1. The van der Waals surface area contributed by atoms with Crippen molar-refractivity contribution in [2.45, 2.75) is 19.4 Å². The summed E-state index contributed by atoms with van der Waals surface area (Å²) in [5.41, 5.74) is 6.34. The first-order valence-electron chi connectivity index (χ1n) is 10.8. The number of nitrogens with one attached hydrogen (secondary N) is 1. The Morgan fingerprint density at radius 2 is 2.15 bits per heavy atom. The Hall–Kier alpha value is -2.53. The third kappa shape index (κ3) is 4.74. The van der Waals surface area contributed by atoms with Gasteiger partial charge in [-0.1, -0.05) is 11.6 Å². The van der Waals surface area contributed by atoms with E-state index in [4.69, 9.17) is 22.1 Å². The minimum Gasteiger partial charge on any atom is -0.404 e. The Labute approximate surface area is 202 Å². The molecule has 1 amide bonds. The molecule has 0 bridgehead atoms. The van der Waals surface area contributed by atoms with Gasteiger partial charge >= 0.3 is 0 Å². The molecule has 3 N–H and O–H groups in total. The minimum absolute atomic E-state index is 0.0442. The number of ether oxygens (including phenoxy) is 1. The average molecular weight is 490 g/mol. The molecule has 4 rings (SSSR count). The molecule has 1 fully saturated rings. The summed E-state index contributed by atoms with van der Waals surface area (Å²) in [5.74, 6) is 0.911. The van der Waals surface area contributed by atoms with Crippen molar-refractivity contribution in [3.8, 4) is 10.6 Å². The quantitative estimate of drug-likeness (QED) is 0.474. The van der Waals surface area contributed by atoms with Crippen LogP contribution in [0.4, 0.5) is 5.95 Å². The molecule has 9 nitrogen and oxygen atoms in total. The van der Waals surface area contributed by atoms with Gasteiger partial charge in [0.25, 0.3) is 5.91 Å². The predicted octanol–water partition coefficient (Wildman–Crippen LogP) is 2.79. The number of halogens is 1. The number of hydrogen-bond acceptors (Lipinski definition) is 8. The van der Waals surface area contributed by atoms with E-state index in [1.54, 1.807) is 24.5 Å². The number of aromatic nitrogens is 2. The zero-order chi connectivity index (χ0) is 23.6. The third-order valence-corrected chi connectivity index (χ3v) is 7.63. The highest BCUT2D eigenvalue weighted by atomic mass is 35.5. The van der Waals surface area contributed by atoms with Crippen molar-refractivity contribution in [1.29, 1.82) is 0 Å².